The smallest absolute Gasteiger partial charge is 0.0619 e. The Morgan fingerprint density at radius 3 is 2.79 bits per heavy atom. The molecule has 0 aromatic rings. The van der Waals surface area contributed by atoms with Crippen LogP contribution in [0.2, 0.25) is 0 Å². The topological polar surface area (TPSA) is 21.3 Å². The highest BCUT2D eigenvalue weighted by Crippen LogP contribution is 2.34. The van der Waals surface area contributed by atoms with Crippen molar-refractivity contribution in [3.8, 4) is 0 Å². The summed E-state index contributed by atoms with van der Waals surface area (Å²) in [7, 11) is 0. The van der Waals surface area contributed by atoms with Crippen LogP contribution in [0.15, 0.2) is 0 Å². The van der Waals surface area contributed by atoms with Crippen molar-refractivity contribution in [1.82, 2.24) is 5.32 Å². The van der Waals surface area contributed by atoms with E-state index in [9.17, 15) is 0 Å². The van der Waals surface area contributed by atoms with Crippen LogP contribution in [0.4, 0.5) is 0 Å². The van der Waals surface area contributed by atoms with Crippen molar-refractivity contribution < 1.29 is 4.74 Å². The molecular weight excluding hydrogens is 174 g/mol. The van der Waals surface area contributed by atoms with E-state index in [0.29, 0.717) is 6.04 Å². The van der Waals surface area contributed by atoms with Gasteiger partial charge >= 0.3 is 0 Å². The van der Waals surface area contributed by atoms with Gasteiger partial charge in [-0.25, -0.2) is 0 Å². The minimum Gasteiger partial charge on any atom is -0.380 e. The third-order valence-electron chi connectivity index (χ3n) is 3.44. The first-order valence-electron chi connectivity index (χ1n) is 6.22. The number of ether oxygens (including phenoxy) is 1. The summed E-state index contributed by atoms with van der Waals surface area (Å²) >= 11 is 0. The predicted octanol–water partition coefficient (Wildman–Crippen LogP) is 2.33. The molecule has 2 rings (SSSR count). The van der Waals surface area contributed by atoms with Crippen LogP contribution >= 0.6 is 0 Å². The van der Waals surface area contributed by atoms with E-state index in [1.165, 1.54) is 38.5 Å². The fourth-order valence-corrected chi connectivity index (χ4v) is 2.31. The summed E-state index contributed by atoms with van der Waals surface area (Å²) in [5, 5.41) is 3.75. The highest BCUT2D eigenvalue weighted by molar-refractivity contribution is 4.82. The van der Waals surface area contributed by atoms with Gasteiger partial charge < -0.3 is 10.1 Å². The molecule has 2 atom stereocenters. The van der Waals surface area contributed by atoms with Gasteiger partial charge in [0.25, 0.3) is 0 Å². The normalized spacial score (nSPS) is 30.2. The Kier molecular flexibility index (Phi) is 3.82. The van der Waals surface area contributed by atoms with Crippen LogP contribution in [0.5, 0.6) is 0 Å². The highest BCUT2D eigenvalue weighted by Gasteiger charge is 2.26. The third kappa shape index (κ3) is 3.25. The van der Waals surface area contributed by atoms with Crippen LogP contribution in [0.3, 0.4) is 0 Å². The summed E-state index contributed by atoms with van der Waals surface area (Å²) in [5.74, 6) is 1.04. The SMILES string of the molecule is CCC(CC1CC1)NC1CCCOC1. The maximum atomic E-state index is 5.49. The molecule has 2 fully saturated rings. The molecule has 0 amide bonds. The van der Waals surface area contributed by atoms with E-state index in [1.54, 1.807) is 0 Å². The van der Waals surface area contributed by atoms with Crippen LogP contribution in [0, 0.1) is 5.92 Å². The van der Waals surface area contributed by atoms with Crippen LogP contribution in [-0.4, -0.2) is 25.3 Å². The van der Waals surface area contributed by atoms with Crippen molar-refractivity contribution in [3.63, 3.8) is 0 Å². The van der Waals surface area contributed by atoms with E-state index in [-0.39, 0.29) is 0 Å². The van der Waals surface area contributed by atoms with Gasteiger partial charge in [0.15, 0.2) is 0 Å². The average Bonchev–Trinajstić information content (AvgIpc) is 3.02. The third-order valence-corrected chi connectivity index (χ3v) is 3.44. The van der Waals surface area contributed by atoms with Crippen molar-refractivity contribution >= 4 is 0 Å². The Morgan fingerprint density at radius 1 is 1.36 bits per heavy atom. The highest BCUT2D eigenvalue weighted by atomic mass is 16.5. The summed E-state index contributed by atoms with van der Waals surface area (Å²) in [6.45, 7) is 4.20. The number of nitrogens with one attached hydrogen (secondary N) is 1. The quantitative estimate of drug-likeness (QED) is 0.730. The lowest BCUT2D eigenvalue weighted by atomic mass is 10.0. The molecule has 1 N–H and O–H groups in total. The molecule has 1 aliphatic heterocycles. The fourth-order valence-electron chi connectivity index (χ4n) is 2.31. The van der Waals surface area contributed by atoms with Gasteiger partial charge in [-0.1, -0.05) is 19.8 Å². The van der Waals surface area contributed by atoms with E-state index >= 15 is 0 Å². The first-order valence-corrected chi connectivity index (χ1v) is 6.22. The zero-order valence-corrected chi connectivity index (χ0v) is 9.30. The largest absolute Gasteiger partial charge is 0.380 e. The molecule has 1 heterocycles. The number of hydrogen-bond acceptors (Lipinski definition) is 2. The van der Waals surface area contributed by atoms with E-state index < -0.39 is 0 Å². The van der Waals surface area contributed by atoms with Crippen molar-refractivity contribution in [2.75, 3.05) is 13.2 Å². The molecule has 0 radical (unpaired) electrons. The molecule has 1 aliphatic carbocycles. The van der Waals surface area contributed by atoms with Gasteiger partial charge in [0.2, 0.25) is 0 Å². The Bertz CT molecular complexity index is 162. The molecule has 82 valence electrons. The first kappa shape index (κ1) is 10.4. The molecule has 2 aliphatic rings. The monoisotopic (exact) mass is 197 g/mol. The standard InChI is InChI=1S/C12H23NO/c1-2-11(8-10-5-6-10)13-12-4-3-7-14-9-12/h10-13H,2-9H2,1H3. The molecule has 2 unspecified atom stereocenters. The zero-order valence-electron chi connectivity index (χ0n) is 9.30. The Labute approximate surface area is 87.4 Å². The molecule has 0 spiro atoms. The summed E-state index contributed by atoms with van der Waals surface area (Å²) in [6, 6.07) is 1.38. The zero-order chi connectivity index (χ0) is 9.80. The van der Waals surface area contributed by atoms with Gasteiger partial charge in [0.05, 0.1) is 6.61 Å². The lowest BCUT2D eigenvalue weighted by Crippen LogP contribution is -2.43. The molecular formula is C12H23NO. The summed E-state index contributed by atoms with van der Waals surface area (Å²) < 4.78 is 5.49. The first-order chi connectivity index (χ1) is 6.88. The Balaban J connectivity index is 1.68. The second-order valence-corrected chi connectivity index (χ2v) is 4.86. The molecule has 2 heteroatoms. The van der Waals surface area contributed by atoms with Gasteiger partial charge in [-0.2, -0.15) is 0 Å². The number of rotatable bonds is 5. The summed E-state index contributed by atoms with van der Waals surface area (Å²) in [5.41, 5.74) is 0. The Morgan fingerprint density at radius 2 is 2.21 bits per heavy atom. The Hall–Kier alpha value is -0.0800. The van der Waals surface area contributed by atoms with Crippen molar-refractivity contribution in [2.45, 2.75) is 57.5 Å². The predicted molar refractivity (Wildman–Crippen MR) is 58.4 cm³/mol. The fraction of sp³-hybridized carbons (Fsp3) is 1.00. The molecule has 2 nitrogen and oxygen atoms in total. The van der Waals surface area contributed by atoms with E-state index in [1.807, 2.05) is 0 Å². The van der Waals surface area contributed by atoms with Crippen molar-refractivity contribution in [2.24, 2.45) is 5.92 Å². The van der Waals surface area contributed by atoms with E-state index in [0.717, 1.165) is 25.2 Å². The van der Waals surface area contributed by atoms with E-state index in [4.69, 9.17) is 4.74 Å². The summed E-state index contributed by atoms with van der Waals surface area (Å²) in [4.78, 5) is 0. The second kappa shape index (κ2) is 5.13. The van der Waals surface area contributed by atoms with Crippen LogP contribution in [0.25, 0.3) is 0 Å². The minimum atomic E-state index is 0.632. The molecule has 1 saturated heterocycles. The van der Waals surface area contributed by atoms with Crippen molar-refractivity contribution in [3.05, 3.63) is 0 Å². The van der Waals surface area contributed by atoms with Gasteiger partial charge in [0.1, 0.15) is 0 Å². The van der Waals surface area contributed by atoms with Gasteiger partial charge in [-0.3, -0.25) is 0 Å². The molecule has 0 aromatic carbocycles. The summed E-state index contributed by atoms with van der Waals surface area (Å²) in [6.07, 6.45) is 8.15. The minimum absolute atomic E-state index is 0.632. The maximum absolute atomic E-state index is 5.49. The van der Waals surface area contributed by atoms with Crippen LogP contribution in [0.1, 0.15) is 45.4 Å². The van der Waals surface area contributed by atoms with Gasteiger partial charge in [-0.15, -0.1) is 0 Å². The molecule has 1 saturated carbocycles. The molecule has 0 bridgehead atoms. The lowest BCUT2D eigenvalue weighted by Gasteiger charge is -2.28. The average molecular weight is 197 g/mol. The molecule has 0 aromatic heterocycles. The van der Waals surface area contributed by atoms with Crippen molar-refractivity contribution in [1.29, 1.82) is 0 Å². The van der Waals surface area contributed by atoms with E-state index in [2.05, 4.69) is 12.2 Å². The van der Waals surface area contributed by atoms with Gasteiger partial charge in [-0.05, 0) is 31.6 Å². The number of hydrogen-bond donors (Lipinski definition) is 1. The second-order valence-electron chi connectivity index (χ2n) is 4.86. The van der Waals surface area contributed by atoms with Crippen LogP contribution in [-0.2, 0) is 4.74 Å². The van der Waals surface area contributed by atoms with Crippen LogP contribution < -0.4 is 5.32 Å². The van der Waals surface area contributed by atoms with Gasteiger partial charge in [0, 0.05) is 18.7 Å². The molecule has 14 heavy (non-hydrogen) atoms. The lowest BCUT2D eigenvalue weighted by molar-refractivity contribution is 0.0654. The maximum Gasteiger partial charge on any atom is 0.0619 e.